The van der Waals surface area contributed by atoms with Crippen molar-refractivity contribution < 1.29 is 4.21 Å². The van der Waals surface area contributed by atoms with Gasteiger partial charge in [-0.15, -0.1) is 0 Å². The number of halogens is 1. The van der Waals surface area contributed by atoms with Crippen molar-refractivity contribution in [3.8, 4) is 0 Å². The zero-order valence-electron chi connectivity index (χ0n) is 17.0. The average Bonchev–Trinajstić information content (AvgIpc) is 3.00. The van der Waals surface area contributed by atoms with E-state index in [9.17, 15) is 4.21 Å². The van der Waals surface area contributed by atoms with Crippen molar-refractivity contribution in [3.05, 3.63) is 58.9 Å². The second kappa shape index (κ2) is 6.97. The molecule has 1 fully saturated rings. The largest absolute Gasteiger partial charge is 0.354 e. The van der Waals surface area contributed by atoms with Crippen LogP contribution in [0.3, 0.4) is 0 Å². The normalized spacial score (nSPS) is 20.9. The summed E-state index contributed by atoms with van der Waals surface area (Å²) < 4.78 is 11.7. The van der Waals surface area contributed by atoms with Crippen LogP contribution in [-0.4, -0.2) is 37.0 Å². The van der Waals surface area contributed by atoms with Crippen molar-refractivity contribution in [2.75, 3.05) is 18.0 Å². The Kier molecular flexibility index (Phi) is 4.61. The molecule has 6 nitrogen and oxygen atoms in total. The van der Waals surface area contributed by atoms with E-state index in [1.165, 1.54) is 11.1 Å². The van der Waals surface area contributed by atoms with Gasteiger partial charge in [0.25, 0.3) is 0 Å². The minimum atomic E-state index is -1.38. The van der Waals surface area contributed by atoms with E-state index in [1.54, 1.807) is 12.3 Å². The molecule has 5 rings (SSSR count). The first kappa shape index (κ1) is 19.8. The predicted octanol–water partition coefficient (Wildman–Crippen LogP) is 3.62. The fraction of sp³-hybridized carbons (Fsp3) is 0.409. The number of rotatable bonds is 4. The van der Waals surface area contributed by atoms with Crippen molar-refractivity contribution in [1.82, 2.24) is 15.0 Å². The van der Waals surface area contributed by atoms with Crippen LogP contribution < -0.4 is 10.0 Å². The summed E-state index contributed by atoms with van der Waals surface area (Å²) in [6.45, 7) is 5.78. The number of nitrogens with two attached hydrogens (primary N) is 1. The van der Waals surface area contributed by atoms with Gasteiger partial charge in [0.1, 0.15) is 16.5 Å². The van der Waals surface area contributed by atoms with Gasteiger partial charge in [-0.2, -0.15) is 0 Å². The topological polar surface area (TPSA) is 85.0 Å². The molecule has 2 aliphatic rings. The first-order valence-corrected chi connectivity index (χ1v) is 11.6. The van der Waals surface area contributed by atoms with Gasteiger partial charge in [0.05, 0.1) is 21.9 Å². The summed E-state index contributed by atoms with van der Waals surface area (Å²) in [5.74, 6) is 1.18. The molecule has 8 heteroatoms. The Balaban J connectivity index is 1.44. The Labute approximate surface area is 183 Å². The molecule has 30 heavy (non-hydrogen) atoms. The molecule has 0 saturated carbocycles. The maximum atomic E-state index is 12.2. The highest BCUT2D eigenvalue weighted by Crippen LogP contribution is 2.56. The summed E-state index contributed by atoms with van der Waals surface area (Å²) in [5.41, 5.74) is 4.17. The number of hydrogen-bond acceptors (Lipinski definition) is 5. The van der Waals surface area contributed by atoms with Crippen LogP contribution in [-0.2, 0) is 17.4 Å². The molecule has 3 aromatic rings. The van der Waals surface area contributed by atoms with E-state index in [1.807, 2.05) is 19.9 Å². The van der Waals surface area contributed by atoms with E-state index in [0.717, 1.165) is 37.3 Å². The molecule has 0 bridgehead atoms. The molecule has 1 saturated heterocycles. The second-order valence-electron chi connectivity index (χ2n) is 9.11. The molecule has 1 aliphatic carbocycles. The van der Waals surface area contributed by atoms with Crippen LogP contribution in [0.25, 0.3) is 11.2 Å². The molecule has 1 aromatic carbocycles. The molecule has 1 unspecified atom stereocenters. The molecule has 2 atom stereocenters. The Morgan fingerprint density at radius 3 is 2.77 bits per heavy atom. The number of anilines is 1. The molecule has 0 radical (unpaired) electrons. The summed E-state index contributed by atoms with van der Waals surface area (Å²) in [7, 11) is -1.38. The van der Waals surface area contributed by atoms with Crippen molar-refractivity contribution >= 4 is 39.6 Å². The summed E-state index contributed by atoms with van der Waals surface area (Å²) >= 11 is 5.96. The van der Waals surface area contributed by atoms with Crippen molar-refractivity contribution in [1.29, 1.82) is 0 Å². The minimum absolute atomic E-state index is 0.106. The predicted molar refractivity (Wildman–Crippen MR) is 121 cm³/mol. The Bertz CT molecular complexity index is 1160. The van der Waals surface area contributed by atoms with Crippen LogP contribution in [0.4, 0.5) is 5.82 Å². The SMILES string of the molecule is CC(C)(C[C@@H]1c2ccccc2CC12CN(c1cnc3nc(Cl)ccc3n1)C2)S(N)=O. The quantitative estimate of drug-likeness (QED) is 0.625. The Morgan fingerprint density at radius 1 is 1.23 bits per heavy atom. The van der Waals surface area contributed by atoms with E-state index in [2.05, 4.69) is 39.1 Å². The standard InChI is InChI=1S/C22H24ClN5OS/c1-21(2,30(24)29)10-16-15-6-4-3-5-14(15)9-22(16)12-28(13-22)19-11-25-20-17(26-19)7-8-18(23)27-20/h3-8,11,16H,9-10,12-13,24H2,1-2H3/t16-,30?/m1/s1. The van der Waals surface area contributed by atoms with Gasteiger partial charge in [0.2, 0.25) is 0 Å². The summed E-state index contributed by atoms with van der Waals surface area (Å²) in [6, 6.07) is 12.2. The van der Waals surface area contributed by atoms with E-state index in [4.69, 9.17) is 21.7 Å². The summed E-state index contributed by atoms with van der Waals surface area (Å²) in [4.78, 5) is 15.7. The van der Waals surface area contributed by atoms with Crippen LogP contribution in [0.2, 0.25) is 5.15 Å². The van der Waals surface area contributed by atoms with Crippen LogP contribution in [0.1, 0.15) is 37.3 Å². The summed E-state index contributed by atoms with van der Waals surface area (Å²) in [5, 5.41) is 6.24. The maximum absolute atomic E-state index is 12.2. The fourth-order valence-electron chi connectivity index (χ4n) is 5.00. The maximum Gasteiger partial charge on any atom is 0.179 e. The average molecular weight is 442 g/mol. The van der Waals surface area contributed by atoms with Gasteiger partial charge < -0.3 is 4.90 Å². The first-order valence-electron chi connectivity index (χ1n) is 10.1. The number of nitrogens with zero attached hydrogens (tertiary/aromatic N) is 4. The lowest BCUT2D eigenvalue weighted by molar-refractivity contribution is 0.165. The zero-order chi connectivity index (χ0) is 21.1. The third-order valence-electron chi connectivity index (χ3n) is 6.65. The zero-order valence-corrected chi connectivity index (χ0v) is 18.6. The highest BCUT2D eigenvalue weighted by Gasteiger charge is 2.55. The molecule has 0 amide bonds. The van der Waals surface area contributed by atoms with Crippen LogP contribution >= 0.6 is 11.6 Å². The van der Waals surface area contributed by atoms with Gasteiger partial charge in [0, 0.05) is 18.5 Å². The van der Waals surface area contributed by atoms with Gasteiger partial charge >= 0.3 is 0 Å². The highest BCUT2D eigenvalue weighted by atomic mass is 35.5. The van der Waals surface area contributed by atoms with Gasteiger partial charge in [-0.05, 0) is 55.9 Å². The Morgan fingerprint density at radius 2 is 2.00 bits per heavy atom. The Hall–Kier alpha value is -2.09. The van der Waals surface area contributed by atoms with Gasteiger partial charge in [0.15, 0.2) is 5.65 Å². The van der Waals surface area contributed by atoms with Gasteiger partial charge in [-0.1, -0.05) is 35.9 Å². The third kappa shape index (κ3) is 3.20. The lowest BCUT2D eigenvalue weighted by atomic mass is 9.67. The number of pyridine rings is 1. The van der Waals surface area contributed by atoms with Crippen molar-refractivity contribution in [3.63, 3.8) is 0 Å². The first-order chi connectivity index (χ1) is 14.3. The number of benzene rings is 1. The van der Waals surface area contributed by atoms with Gasteiger partial charge in [-0.25, -0.2) is 19.2 Å². The van der Waals surface area contributed by atoms with Crippen molar-refractivity contribution in [2.45, 2.75) is 37.4 Å². The minimum Gasteiger partial charge on any atom is -0.354 e. The third-order valence-corrected chi connectivity index (χ3v) is 8.11. The highest BCUT2D eigenvalue weighted by molar-refractivity contribution is 7.84. The molecule has 2 N–H and O–H groups in total. The lowest BCUT2D eigenvalue weighted by Gasteiger charge is -2.53. The monoisotopic (exact) mass is 441 g/mol. The van der Waals surface area contributed by atoms with E-state index >= 15 is 0 Å². The smallest absolute Gasteiger partial charge is 0.179 e. The number of hydrogen-bond donors (Lipinski definition) is 1. The molecule has 2 aromatic heterocycles. The second-order valence-corrected chi connectivity index (χ2v) is 11.2. The van der Waals surface area contributed by atoms with Crippen LogP contribution in [0.15, 0.2) is 42.6 Å². The molecular weight excluding hydrogens is 418 g/mol. The lowest BCUT2D eigenvalue weighted by Crippen LogP contribution is -2.59. The molecule has 3 heterocycles. The molecule has 156 valence electrons. The van der Waals surface area contributed by atoms with E-state index in [0.29, 0.717) is 16.7 Å². The van der Waals surface area contributed by atoms with Crippen LogP contribution in [0.5, 0.6) is 0 Å². The van der Waals surface area contributed by atoms with E-state index in [-0.39, 0.29) is 5.41 Å². The summed E-state index contributed by atoms with van der Waals surface area (Å²) in [6.07, 6.45) is 3.59. The fourth-order valence-corrected chi connectivity index (χ4v) is 5.47. The molecular formula is C22H24ClN5OS. The molecule has 1 spiro atoms. The van der Waals surface area contributed by atoms with Gasteiger partial charge in [-0.3, -0.25) is 5.14 Å². The van der Waals surface area contributed by atoms with Crippen molar-refractivity contribution in [2.24, 2.45) is 10.6 Å². The van der Waals surface area contributed by atoms with Crippen LogP contribution in [0, 0.1) is 5.41 Å². The molecule has 1 aliphatic heterocycles. The van der Waals surface area contributed by atoms with E-state index < -0.39 is 15.7 Å². The number of aromatic nitrogens is 3. The number of fused-ring (bicyclic) bond motifs is 2.